The molecule has 2 nitrogen and oxygen atoms in total. The number of nitrogens with zero attached hydrogens (tertiary/aromatic N) is 2. The van der Waals surface area contributed by atoms with Gasteiger partial charge >= 0.3 is 0 Å². The third-order valence-corrected chi connectivity index (χ3v) is 3.65. The van der Waals surface area contributed by atoms with Crippen LogP contribution < -0.4 is 0 Å². The van der Waals surface area contributed by atoms with E-state index in [1.807, 2.05) is 18.2 Å². The fourth-order valence-electron chi connectivity index (χ4n) is 1.72. The van der Waals surface area contributed by atoms with Gasteiger partial charge in [0.1, 0.15) is 0 Å². The van der Waals surface area contributed by atoms with Crippen LogP contribution >= 0.6 is 15.9 Å². The SMILES string of the molecule is CC(C)C(C#N)CN(C)Cc1ccccc1Br. The van der Waals surface area contributed by atoms with Crippen molar-refractivity contribution in [3.63, 3.8) is 0 Å². The first-order chi connectivity index (χ1) is 8.04. The average Bonchev–Trinajstić information content (AvgIpc) is 2.28. The molecule has 0 N–H and O–H groups in total. The van der Waals surface area contributed by atoms with Crippen molar-refractivity contribution in [1.82, 2.24) is 4.90 Å². The maximum absolute atomic E-state index is 9.08. The molecule has 0 radical (unpaired) electrons. The minimum absolute atomic E-state index is 0.0995. The summed E-state index contributed by atoms with van der Waals surface area (Å²) in [7, 11) is 2.06. The molecule has 0 saturated heterocycles. The van der Waals surface area contributed by atoms with Crippen LogP contribution in [0.1, 0.15) is 19.4 Å². The van der Waals surface area contributed by atoms with Crippen molar-refractivity contribution in [2.75, 3.05) is 13.6 Å². The van der Waals surface area contributed by atoms with Crippen LogP contribution in [0.2, 0.25) is 0 Å². The third kappa shape index (κ3) is 4.49. The van der Waals surface area contributed by atoms with Gasteiger partial charge in [-0.2, -0.15) is 5.26 Å². The Morgan fingerprint density at radius 3 is 2.53 bits per heavy atom. The van der Waals surface area contributed by atoms with E-state index >= 15 is 0 Å². The van der Waals surface area contributed by atoms with Crippen molar-refractivity contribution in [2.24, 2.45) is 11.8 Å². The van der Waals surface area contributed by atoms with E-state index in [9.17, 15) is 0 Å². The number of halogens is 1. The number of rotatable bonds is 5. The van der Waals surface area contributed by atoms with E-state index in [4.69, 9.17) is 5.26 Å². The van der Waals surface area contributed by atoms with Crippen LogP contribution in [0, 0.1) is 23.2 Å². The molecule has 0 aliphatic rings. The Balaban J connectivity index is 2.59. The molecule has 0 saturated carbocycles. The maximum Gasteiger partial charge on any atom is 0.0672 e. The Bertz CT molecular complexity index is 395. The summed E-state index contributed by atoms with van der Waals surface area (Å²) in [5.74, 6) is 0.504. The Hall–Kier alpha value is -0.850. The predicted octanol–water partition coefficient (Wildman–Crippen LogP) is 3.68. The van der Waals surface area contributed by atoms with Crippen LogP contribution in [-0.4, -0.2) is 18.5 Å². The van der Waals surface area contributed by atoms with Gasteiger partial charge in [-0.25, -0.2) is 0 Å². The predicted molar refractivity (Wildman–Crippen MR) is 74.4 cm³/mol. The first-order valence-electron chi connectivity index (χ1n) is 5.86. The highest BCUT2D eigenvalue weighted by atomic mass is 79.9. The van der Waals surface area contributed by atoms with Crippen LogP contribution in [0.4, 0.5) is 0 Å². The first kappa shape index (κ1) is 14.2. The molecule has 1 aromatic carbocycles. The van der Waals surface area contributed by atoms with Crippen LogP contribution in [0.5, 0.6) is 0 Å². The van der Waals surface area contributed by atoms with Gasteiger partial charge in [0.15, 0.2) is 0 Å². The molecule has 0 fully saturated rings. The molecule has 0 aliphatic heterocycles. The van der Waals surface area contributed by atoms with Crippen molar-refractivity contribution in [3.05, 3.63) is 34.3 Å². The smallest absolute Gasteiger partial charge is 0.0672 e. The zero-order valence-electron chi connectivity index (χ0n) is 10.7. The largest absolute Gasteiger partial charge is 0.301 e. The number of hydrogen-bond donors (Lipinski definition) is 0. The lowest BCUT2D eigenvalue weighted by atomic mass is 9.97. The molecule has 0 bridgehead atoms. The summed E-state index contributed by atoms with van der Waals surface area (Å²) >= 11 is 3.55. The van der Waals surface area contributed by atoms with Gasteiger partial charge in [-0.05, 0) is 24.6 Å². The Kier molecular flexibility index (Phi) is 5.67. The van der Waals surface area contributed by atoms with Gasteiger partial charge in [-0.1, -0.05) is 48.0 Å². The van der Waals surface area contributed by atoms with E-state index in [-0.39, 0.29) is 5.92 Å². The lowest BCUT2D eigenvalue weighted by molar-refractivity contribution is 0.265. The lowest BCUT2D eigenvalue weighted by Gasteiger charge is -2.22. The van der Waals surface area contributed by atoms with Gasteiger partial charge in [0, 0.05) is 17.6 Å². The highest BCUT2D eigenvalue weighted by Crippen LogP contribution is 2.18. The van der Waals surface area contributed by atoms with Crippen molar-refractivity contribution in [2.45, 2.75) is 20.4 Å². The van der Waals surface area contributed by atoms with Crippen molar-refractivity contribution in [1.29, 1.82) is 5.26 Å². The third-order valence-electron chi connectivity index (χ3n) is 2.88. The normalized spacial score (nSPS) is 12.8. The molecular formula is C14H19BrN2. The van der Waals surface area contributed by atoms with Gasteiger partial charge in [0.05, 0.1) is 12.0 Å². The molecule has 0 aromatic heterocycles. The van der Waals surface area contributed by atoms with E-state index in [0.29, 0.717) is 5.92 Å². The Morgan fingerprint density at radius 1 is 1.35 bits per heavy atom. The van der Waals surface area contributed by atoms with Gasteiger partial charge in [0.2, 0.25) is 0 Å². The van der Waals surface area contributed by atoms with Gasteiger partial charge in [-0.3, -0.25) is 0 Å². The molecule has 17 heavy (non-hydrogen) atoms. The van der Waals surface area contributed by atoms with Crippen LogP contribution in [0.25, 0.3) is 0 Å². The summed E-state index contributed by atoms with van der Waals surface area (Å²) in [6.45, 7) is 5.88. The number of nitriles is 1. The van der Waals surface area contributed by atoms with E-state index in [1.54, 1.807) is 0 Å². The summed E-state index contributed by atoms with van der Waals surface area (Å²) in [6, 6.07) is 10.6. The van der Waals surface area contributed by atoms with E-state index in [1.165, 1.54) is 5.56 Å². The topological polar surface area (TPSA) is 27.0 Å². The van der Waals surface area contributed by atoms with Crippen LogP contribution in [-0.2, 0) is 6.54 Å². The molecule has 1 atom stereocenters. The average molecular weight is 295 g/mol. The standard InChI is InChI=1S/C14H19BrN2/c1-11(2)13(8-16)10-17(3)9-12-6-4-5-7-14(12)15/h4-7,11,13H,9-10H2,1-3H3. The summed E-state index contributed by atoms with van der Waals surface area (Å²) in [4.78, 5) is 2.20. The molecule has 0 amide bonds. The van der Waals surface area contributed by atoms with Gasteiger partial charge < -0.3 is 4.90 Å². The fourth-order valence-corrected chi connectivity index (χ4v) is 2.13. The van der Waals surface area contributed by atoms with Crippen molar-refractivity contribution < 1.29 is 0 Å². The van der Waals surface area contributed by atoms with E-state index in [2.05, 4.69) is 53.9 Å². The monoisotopic (exact) mass is 294 g/mol. The first-order valence-corrected chi connectivity index (χ1v) is 6.65. The summed E-state index contributed by atoms with van der Waals surface area (Å²) in [5.41, 5.74) is 1.26. The molecule has 3 heteroatoms. The van der Waals surface area contributed by atoms with Gasteiger partial charge in [0.25, 0.3) is 0 Å². The zero-order valence-corrected chi connectivity index (χ0v) is 12.2. The number of hydrogen-bond acceptors (Lipinski definition) is 2. The molecule has 1 aromatic rings. The maximum atomic E-state index is 9.08. The molecule has 1 rings (SSSR count). The minimum Gasteiger partial charge on any atom is -0.301 e. The van der Waals surface area contributed by atoms with Crippen molar-refractivity contribution >= 4 is 15.9 Å². The Morgan fingerprint density at radius 2 is 2.00 bits per heavy atom. The summed E-state index contributed by atoms with van der Waals surface area (Å²) < 4.78 is 1.13. The van der Waals surface area contributed by atoms with E-state index in [0.717, 1.165) is 17.6 Å². The molecular weight excluding hydrogens is 276 g/mol. The molecule has 0 aliphatic carbocycles. The second-order valence-corrected chi connectivity index (χ2v) is 5.62. The fraction of sp³-hybridized carbons (Fsp3) is 0.500. The highest BCUT2D eigenvalue weighted by molar-refractivity contribution is 9.10. The van der Waals surface area contributed by atoms with Crippen molar-refractivity contribution in [3.8, 4) is 6.07 Å². The van der Waals surface area contributed by atoms with Crippen LogP contribution in [0.3, 0.4) is 0 Å². The van der Waals surface area contributed by atoms with Crippen LogP contribution in [0.15, 0.2) is 28.7 Å². The second-order valence-electron chi connectivity index (χ2n) is 4.77. The highest BCUT2D eigenvalue weighted by Gasteiger charge is 2.15. The zero-order chi connectivity index (χ0) is 12.8. The quantitative estimate of drug-likeness (QED) is 0.828. The second kappa shape index (κ2) is 6.78. The number of benzene rings is 1. The lowest BCUT2D eigenvalue weighted by Crippen LogP contribution is -2.27. The molecule has 0 heterocycles. The Labute approximate surface area is 112 Å². The van der Waals surface area contributed by atoms with Gasteiger partial charge in [-0.15, -0.1) is 0 Å². The summed E-state index contributed by atoms with van der Waals surface area (Å²) in [6.07, 6.45) is 0. The molecule has 1 unspecified atom stereocenters. The molecule has 92 valence electrons. The minimum atomic E-state index is 0.0995. The van der Waals surface area contributed by atoms with E-state index < -0.39 is 0 Å². The molecule has 0 spiro atoms. The summed E-state index contributed by atoms with van der Waals surface area (Å²) in [5, 5.41) is 9.08.